The molecule has 0 heterocycles. The van der Waals surface area contributed by atoms with E-state index in [0.29, 0.717) is 22.9 Å². The van der Waals surface area contributed by atoms with Gasteiger partial charge in [0.15, 0.2) is 6.10 Å². The molecule has 0 bridgehead atoms. The third-order valence-corrected chi connectivity index (χ3v) is 3.97. The average molecular weight is 366 g/mol. The van der Waals surface area contributed by atoms with Crippen molar-refractivity contribution in [3.8, 4) is 5.75 Å². The van der Waals surface area contributed by atoms with Gasteiger partial charge in [-0.15, -0.1) is 0 Å². The van der Waals surface area contributed by atoms with E-state index in [1.807, 2.05) is 6.26 Å². The molecule has 8 heteroatoms. The molecule has 1 aromatic carbocycles. The molecule has 0 aliphatic carbocycles. The van der Waals surface area contributed by atoms with E-state index in [9.17, 15) is 9.59 Å². The highest BCUT2D eigenvalue weighted by Gasteiger charge is 2.24. The minimum absolute atomic E-state index is 0.282. The Hall–Kier alpha value is -1.11. The molecule has 0 fully saturated rings. The van der Waals surface area contributed by atoms with Crippen molar-refractivity contribution < 1.29 is 19.4 Å². The Morgan fingerprint density at radius 1 is 1.41 bits per heavy atom. The number of carboxylic acid groups (broad SMARTS) is 1. The number of benzene rings is 1. The lowest BCUT2D eigenvalue weighted by molar-refractivity contribution is -0.142. The lowest BCUT2D eigenvalue weighted by atomic mass is 10.2. The summed E-state index contributed by atoms with van der Waals surface area (Å²) in [5, 5.41) is 12.3. The number of carbonyl (C=O) groups excluding carboxylic acids is 1. The maximum Gasteiger partial charge on any atom is 0.326 e. The van der Waals surface area contributed by atoms with Gasteiger partial charge in [-0.2, -0.15) is 11.8 Å². The first-order chi connectivity index (χ1) is 10.3. The van der Waals surface area contributed by atoms with Crippen molar-refractivity contribution in [2.75, 3.05) is 12.0 Å². The topological polar surface area (TPSA) is 75.6 Å². The molecule has 0 saturated heterocycles. The number of ether oxygens (including phenoxy) is 1. The van der Waals surface area contributed by atoms with Crippen molar-refractivity contribution in [1.29, 1.82) is 0 Å². The number of amides is 1. The zero-order valence-electron chi connectivity index (χ0n) is 12.1. The largest absolute Gasteiger partial charge is 0.480 e. The zero-order chi connectivity index (χ0) is 16.7. The van der Waals surface area contributed by atoms with Crippen LogP contribution in [0.4, 0.5) is 0 Å². The Labute approximate surface area is 143 Å². The van der Waals surface area contributed by atoms with E-state index in [-0.39, 0.29) is 5.02 Å². The smallest absolute Gasteiger partial charge is 0.326 e. The van der Waals surface area contributed by atoms with Crippen LogP contribution in [-0.2, 0) is 9.59 Å². The number of rotatable bonds is 8. The number of hydrogen-bond donors (Lipinski definition) is 2. The second-order valence-corrected chi connectivity index (χ2v) is 6.34. The summed E-state index contributed by atoms with van der Waals surface area (Å²) >= 11 is 13.3. The zero-order valence-corrected chi connectivity index (χ0v) is 14.5. The Balaban J connectivity index is 2.65. The molecule has 0 aromatic heterocycles. The minimum Gasteiger partial charge on any atom is -0.480 e. The van der Waals surface area contributed by atoms with Gasteiger partial charge in [0.1, 0.15) is 11.8 Å². The van der Waals surface area contributed by atoms with Crippen molar-refractivity contribution in [3.63, 3.8) is 0 Å². The van der Waals surface area contributed by atoms with Crippen molar-refractivity contribution in [2.45, 2.75) is 25.5 Å². The van der Waals surface area contributed by atoms with Gasteiger partial charge in [-0.3, -0.25) is 4.79 Å². The number of hydrogen-bond acceptors (Lipinski definition) is 4. The molecule has 2 N–H and O–H groups in total. The molecule has 5 nitrogen and oxygen atoms in total. The molecule has 1 aromatic rings. The maximum absolute atomic E-state index is 12.0. The molecule has 0 aliphatic heterocycles. The fourth-order valence-electron chi connectivity index (χ4n) is 1.60. The number of thioether (sulfide) groups is 1. The van der Waals surface area contributed by atoms with Crippen LogP contribution in [0.15, 0.2) is 18.2 Å². The van der Waals surface area contributed by atoms with E-state index in [0.717, 1.165) is 0 Å². The molecular formula is C14H17Cl2NO4S. The van der Waals surface area contributed by atoms with Crippen LogP contribution in [0.5, 0.6) is 5.75 Å². The van der Waals surface area contributed by atoms with Crippen LogP contribution in [0.3, 0.4) is 0 Å². The monoisotopic (exact) mass is 365 g/mol. The van der Waals surface area contributed by atoms with Crippen molar-refractivity contribution >= 4 is 46.8 Å². The molecule has 0 aliphatic rings. The van der Waals surface area contributed by atoms with Gasteiger partial charge in [0, 0.05) is 5.02 Å². The van der Waals surface area contributed by atoms with Crippen LogP contribution in [0, 0.1) is 0 Å². The molecule has 2 atom stereocenters. The van der Waals surface area contributed by atoms with E-state index in [1.165, 1.54) is 24.8 Å². The summed E-state index contributed by atoms with van der Waals surface area (Å²) in [4.78, 5) is 23.1. The summed E-state index contributed by atoms with van der Waals surface area (Å²) in [6.07, 6.45) is 1.33. The fourth-order valence-corrected chi connectivity index (χ4v) is 2.52. The first-order valence-electron chi connectivity index (χ1n) is 6.49. The van der Waals surface area contributed by atoms with Crippen LogP contribution >= 0.6 is 35.0 Å². The molecular weight excluding hydrogens is 349 g/mol. The SMILES string of the molecule is CSCCC(NC(=O)C(C)Oc1ccc(Cl)cc1Cl)C(=O)O. The van der Waals surface area contributed by atoms with Crippen LogP contribution in [0.2, 0.25) is 10.0 Å². The van der Waals surface area contributed by atoms with Crippen LogP contribution in [0.25, 0.3) is 0 Å². The second-order valence-electron chi connectivity index (χ2n) is 4.52. The number of aliphatic carboxylic acids is 1. The van der Waals surface area contributed by atoms with Crippen molar-refractivity contribution in [2.24, 2.45) is 0 Å². The van der Waals surface area contributed by atoms with E-state index < -0.39 is 24.0 Å². The average Bonchev–Trinajstić information content (AvgIpc) is 2.45. The molecule has 2 unspecified atom stereocenters. The Morgan fingerprint density at radius 3 is 2.64 bits per heavy atom. The van der Waals surface area contributed by atoms with Gasteiger partial charge in [0.05, 0.1) is 5.02 Å². The standard InChI is InChI=1S/C14H17Cl2NO4S/c1-8(21-12-4-3-9(15)7-10(12)16)13(18)17-11(14(19)20)5-6-22-2/h3-4,7-8,11H,5-6H2,1-2H3,(H,17,18)(H,19,20). The highest BCUT2D eigenvalue weighted by atomic mass is 35.5. The normalized spacial score (nSPS) is 13.3. The third kappa shape index (κ3) is 5.94. The van der Waals surface area contributed by atoms with Gasteiger partial charge in [0.2, 0.25) is 0 Å². The summed E-state index contributed by atoms with van der Waals surface area (Å²) in [6, 6.07) is 3.70. The van der Waals surface area contributed by atoms with E-state index >= 15 is 0 Å². The van der Waals surface area contributed by atoms with Crippen LogP contribution < -0.4 is 10.1 Å². The van der Waals surface area contributed by atoms with Gasteiger partial charge < -0.3 is 15.2 Å². The van der Waals surface area contributed by atoms with Gasteiger partial charge in [-0.05, 0) is 43.6 Å². The molecule has 22 heavy (non-hydrogen) atoms. The lowest BCUT2D eigenvalue weighted by Crippen LogP contribution is -2.46. The summed E-state index contributed by atoms with van der Waals surface area (Å²) in [6.45, 7) is 1.52. The molecule has 122 valence electrons. The van der Waals surface area contributed by atoms with Crippen molar-refractivity contribution in [1.82, 2.24) is 5.32 Å². The Morgan fingerprint density at radius 2 is 2.09 bits per heavy atom. The summed E-state index contributed by atoms with van der Waals surface area (Å²) in [5.74, 6) is -0.640. The maximum atomic E-state index is 12.0. The predicted octanol–water partition coefficient (Wildman–Crippen LogP) is 3.08. The van der Waals surface area contributed by atoms with E-state index in [1.54, 1.807) is 12.1 Å². The Kier molecular flexibility index (Phi) is 7.85. The summed E-state index contributed by atoms with van der Waals surface area (Å²) in [5.41, 5.74) is 0. The van der Waals surface area contributed by atoms with Gasteiger partial charge >= 0.3 is 5.97 Å². The van der Waals surface area contributed by atoms with Crippen molar-refractivity contribution in [3.05, 3.63) is 28.2 Å². The summed E-state index contributed by atoms with van der Waals surface area (Å²) < 4.78 is 5.45. The Bertz CT molecular complexity index is 542. The highest BCUT2D eigenvalue weighted by Crippen LogP contribution is 2.28. The second kappa shape index (κ2) is 9.12. The number of carbonyl (C=O) groups is 2. The lowest BCUT2D eigenvalue weighted by Gasteiger charge is -2.19. The number of carboxylic acids is 1. The van der Waals surface area contributed by atoms with Gasteiger partial charge in [-0.25, -0.2) is 4.79 Å². The van der Waals surface area contributed by atoms with E-state index in [2.05, 4.69) is 5.32 Å². The molecule has 1 amide bonds. The third-order valence-electron chi connectivity index (χ3n) is 2.79. The first kappa shape index (κ1) is 18.9. The highest BCUT2D eigenvalue weighted by molar-refractivity contribution is 7.98. The van der Waals surface area contributed by atoms with Gasteiger partial charge in [-0.1, -0.05) is 23.2 Å². The minimum atomic E-state index is -1.07. The molecule has 0 spiro atoms. The summed E-state index contributed by atoms with van der Waals surface area (Å²) in [7, 11) is 0. The molecule has 0 saturated carbocycles. The van der Waals surface area contributed by atoms with E-state index in [4.69, 9.17) is 33.0 Å². The fraction of sp³-hybridized carbons (Fsp3) is 0.429. The molecule has 0 radical (unpaired) electrons. The first-order valence-corrected chi connectivity index (χ1v) is 8.64. The van der Waals surface area contributed by atoms with Crippen LogP contribution in [-0.4, -0.2) is 41.1 Å². The molecule has 1 rings (SSSR count). The predicted molar refractivity (Wildman–Crippen MR) is 89.1 cm³/mol. The van der Waals surface area contributed by atoms with Crippen LogP contribution in [0.1, 0.15) is 13.3 Å². The number of halogens is 2. The number of nitrogens with one attached hydrogen (secondary N) is 1. The van der Waals surface area contributed by atoms with Gasteiger partial charge in [0.25, 0.3) is 5.91 Å². The quantitative estimate of drug-likeness (QED) is 0.740.